The molecule has 0 atom stereocenters. The van der Waals surface area contributed by atoms with Gasteiger partial charge < -0.3 is 15.0 Å². The molecule has 1 heterocycles. The highest BCUT2D eigenvalue weighted by molar-refractivity contribution is 6.34. The van der Waals surface area contributed by atoms with Gasteiger partial charge in [0.05, 0.1) is 35.9 Å². The summed E-state index contributed by atoms with van der Waals surface area (Å²) in [6.45, 7) is 1.70. The van der Waals surface area contributed by atoms with Crippen molar-refractivity contribution in [3.8, 4) is 0 Å². The van der Waals surface area contributed by atoms with E-state index in [0.29, 0.717) is 37.6 Å². The summed E-state index contributed by atoms with van der Waals surface area (Å²) in [6.07, 6.45) is -5.00. The molecular formula is C19H17ClF4N2O2. The van der Waals surface area contributed by atoms with Gasteiger partial charge in [-0.15, -0.1) is 0 Å². The summed E-state index contributed by atoms with van der Waals surface area (Å²) in [4.78, 5) is 14.0. The molecule has 9 heteroatoms. The van der Waals surface area contributed by atoms with Crippen molar-refractivity contribution in [3.05, 3.63) is 58.4 Å². The van der Waals surface area contributed by atoms with E-state index >= 15 is 0 Å². The maximum atomic E-state index is 13.6. The summed E-state index contributed by atoms with van der Waals surface area (Å²) < 4.78 is 59.3. The molecule has 4 nitrogen and oxygen atoms in total. The minimum Gasteiger partial charge on any atom is -0.378 e. The van der Waals surface area contributed by atoms with Gasteiger partial charge in [0.25, 0.3) is 0 Å². The predicted molar refractivity (Wildman–Crippen MR) is 98.2 cm³/mol. The minimum absolute atomic E-state index is 0.219. The van der Waals surface area contributed by atoms with E-state index in [1.54, 1.807) is 4.90 Å². The summed E-state index contributed by atoms with van der Waals surface area (Å²) in [7, 11) is 0. The topological polar surface area (TPSA) is 41.6 Å². The van der Waals surface area contributed by atoms with E-state index in [-0.39, 0.29) is 11.4 Å². The number of ether oxygens (including phenoxy) is 1. The zero-order valence-electron chi connectivity index (χ0n) is 14.7. The summed E-state index contributed by atoms with van der Waals surface area (Å²) in [5.74, 6) is -1.26. The molecule has 0 aliphatic carbocycles. The number of hydrogen-bond donors (Lipinski definition) is 1. The number of anilines is 2. The van der Waals surface area contributed by atoms with E-state index in [1.807, 2.05) is 0 Å². The van der Waals surface area contributed by atoms with Crippen LogP contribution in [0.4, 0.5) is 28.9 Å². The fourth-order valence-corrected chi connectivity index (χ4v) is 3.22. The quantitative estimate of drug-likeness (QED) is 0.745. The van der Waals surface area contributed by atoms with E-state index in [0.717, 1.165) is 12.1 Å². The first kappa shape index (κ1) is 20.4. The minimum atomic E-state index is -4.71. The first-order chi connectivity index (χ1) is 13.2. The number of morpholine rings is 1. The monoisotopic (exact) mass is 416 g/mol. The second-order valence-corrected chi connectivity index (χ2v) is 6.71. The number of benzene rings is 2. The van der Waals surface area contributed by atoms with Crippen LogP contribution in [0.3, 0.4) is 0 Å². The molecule has 1 saturated heterocycles. The molecule has 0 bridgehead atoms. The SMILES string of the molecule is O=C(Cc1cccc(F)c1)Nc1c(Cl)cc(N2CCOCC2)cc1C(F)(F)F. The van der Waals surface area contributed by atoms with Crippen molar-refractivity contribution < 1.29 is 27.1 Å². The molecule has 1 aliphatic heterocycles. The average molecular weight is 417 g/mol. The number of hydrogen-bond acceptors (Lipinski definition) is 3. The number of alkyl halides is 3. The fraction of sp³-hybridized carbons (Fsp3) is 0.316. The van der Waals surface area contributed by atoms with E-state index in [4.69, 9.17) is 16.3 Å². The Bertz CT molecular complexity index is 867. The van der Waals surface area contributed by atoms with Crippen molar-refractivity contribution in [2.24, 2.45) is 0 Å². The van der Waals surface area contributed by atoms with Crippen molar-refractivity contribution in [3.63, 3.8) is 0 Å². The van der Waals surface area contributed by atoms with Crippen molar-refractivity contribution in [1.82, 2.24) is 0 Å². The molecule has 0 radical (unpaired) electrons. The molecule has 1 aliphatic rings. The van der Waals surface area contributed by atoms with Crippen LogP contribution in [-0.2, 0) is 22.1 Å². The van der Waals surface area contributed by atoms with Gasteiger partial charge in [0.1, 0.15) is 5.82 Å². The number of rotatable bonds is 4. The normalized spacial score (nSPS) is 14.8. The van der Waals surface area contributed by atoms with Crippen LogP contribution in [0, 0.1) is 5.82 Å². The summed E-state index contributed by atoms with van der Waals surface area (Å²) in [5, 5.41) is 2.01. The van der Waals surface area contributed by atoms with Crippen LogP contribution in [0.2, 0.25) is 5.02 Å². The highest BCUT2D eigenvalue weighted by Crippen LogP contribution is 2.41. The molecule has 0 saturated carbocycles. The maximum Gasteiger partial charge on any atom is 0.418 e. The third-order valence-corrected chi connectivity index (χ3v) is 4.57. The van der Waals surface area contributed by atoms with Gasteiger partial charge >= 0.3 is 6.18 Å². The lowest BCUT2D eigenvalue weighted by Crippen LogP contribution is -2.36. The summed E-state index contributed by atoms with van der Waals surface area (Å²) in [5.41, 5.74) is -0.891. The molecule has 1 fully saturated rings. The smallest absolute Gasteiger partial charge is 0.378 e. The van der Waals surface area contributed by atoms with Crippen LogP contribution in [0.5, 0.6) is 0 Å². The van der Waals surface area contributed by atoms with Gasteiger partial charge in [0.2, 0.25) is 5.91 Å². The molecule has 1 N–H and O–H groups in total. The van der Waals surface area contributed by atoms with Crippen LogP contribution < -0.4 is 10.2 Å². The fourth-order valence-electron chi connectivity index (χ4n) is 2.96. The Morgan fingerprint density at radius 3 is 2.54 bits per heavy atom. The lowest BCUT2D eigenvalue weighted by Gasteiger charge is -2.30. The number of nitrogens with zero attached hydrogens (tertiary/aromatic N) is 1. The van der Waals surface area contributed by atoms with Crippen molar-refractivity contribution in [2.75, 3.05) is 36.5 Å². The molecule has 0 spiro atoms. The number of nitrogens with one attached hydrogen (secondary N) is 1. The van der Waals surface area contributed by atoms with Gasteiger partial charge in [-0.1, -0.05) is 23.7 Å². The Balaban J connectivity index is 1.87. The predicted octanol–water partition coefficient (Wildman–Crippen LogP) is 4.52. The van der Waals surface area contributed by atoms with Crippen LogP contribution in [0.25, 0.3) is 0 Å². The van der Waals surface area contributed by atoms with Crippen LogP contribution in [0.15, 0.2) is 36.4 Å². The summed E-state index contributed by atoms with van der Waals surface area (Å²) >= 11 is 6.10. The largest absolute Gasteiger partial charge is 0.418 e. The second kappa shape index (κ2) is 8.36. The maximum absolute atomic E-state index is 13.6. The first-order valence-electron chi connectivity index (χ1n) is 8.52. The van der Waals surface area contributed by atoms with Gasteiger partial charge in [-0.25, -0.2) is 4.39 Å². The molecule has 2 aromatic rings. The molecule has 2 aromatic carbocycles. The molecule has 150 valence electrons. The molecule has 1 amide bonds. The number of carbonyl (C=O) groups excluding carboxylic acids is 1. The Labute approximate surface area is 164 Å². The van der Waals surface area contributed by atoms with Crippen LogP contribution in [-0.4, -0.2) is 32.2 Å². The highest BCUT2D eigenvalue weighted by Gasteiger charge is 2.36. The zero-order chi connectivity index (χ0) is 20.3. The van der Waals surface area contributed by atoms with Gasteiger partial charge in [-0.2, -0.15) is 13.2 Å². The lowest BCUT2D eigenvalue weighted by molar-refractivity contribution is -0.136. The molecule has 3 rings (SSSR count). The Kier molecular flexibility index (Phi) is 6.10. The molecule has 28 heavy (non-hydrogen) atoms. The number of carbonyl (C=O) groups is 1. The number of halogens is 5. The van der Waals surface area contributed by atoms with Gasteiger partial charge in [0.15, 0.2) is 0 Å². The molecular weight excluding hydrogens is 400 g/mol. The number of amides is 1. The van der Waals surface area contributed by atoms with Crippen molar-refractivity contribution in [1.29, 1.82) is 0 Å². The van der Waals surface area contributed by atoms with Crippen molar-refractivity contribution in [2.45, 2.75) is 12.6 Å². The third-order valence-electron chi connectivity index (χ3n) is 4.27. The van der Waals surface area contributed by atoms with Gasteiger partial charge in [-0.3, -0.25) is 4.79 Å². The molecule has 0 aromatic heterocycles. The lowest BCUT2D eigenvalue weighted by atomic mass is 10.1. The summed E-state index contributed by atoms with van der Waals surface area (Å²) in [6, 6.07) is 7.65. The van der Waals surface area contributed by atoms with Crippen molar-refractivity contribution >= 4 is 28.9 Å². The van der Waals surface area contributed by atoms with Gasteiger partial charge in [-0.05, 0) is 29.8 Å². The zero-order valence-corrected chi connectivity index (χ0v) is 15.4. The van der Waals surface area contributed by atoms with Gasteiger partial charge in [0, 0.05) is 18.8 Å². The standard InChI is InChI=1S/C19H17ClF4N2O2/c20-16-11-14(26-4-6-28-7-5-26)10-15(19(22,23)24)18(16)25-17(27)9-12-2-1-3-13(21)8-12/h1-3,8,10-11H,4-7,9H2,(H,25,27). The van der Waals surface area contributed by atoms with E-state index < -0.39 is 29.2 Å². The Hall–Kier alpha value is -2.32. The van der Waals surface area contributed by atoms with E-state index in [2.05, 4.69) is 5.32 Å². The van der Waals surface area contributed by atoms with E-state index in [9.17, 15) is 22.4 Å². The second-order valence-electron chi connectivity index (χ2n) is 6.30. The Morgan fingerprint density at radius 2 is 1.89 bits per heavy atom. The van der Waals surface area contributed by atoms with Crippen LogP contribution >= 0.6 is 11.6 Å². The third kappa shape index (κ3) is 4.94. The highest BCUT2D eigenvalue weighted by atomic mass is 35.5. The first-order valence-corrected chi connectivity index (χ1v) is 8.89. The average Bonchev–Trinajstić information content (AvgIpc) is 2.63. The molecule has 0 unspecified atom stereocenters. The van der Waals surface area contributed by atoms with Crippen LogP contribution in [0.1, 0.15) is 11.1 Å². The van der Waals surface area contributed by atoms with E-state index in [1.165, 1.54) is 24.3 Å². The Morgan fingerprint density at radius 1 is 1.18 bits per heavy atom.